The van der Waals surface area contributed by atoms with Crippen molar-refractivity contribution in [1.82, 2.24) is 5.48 Å². The first-order chi connectivity index (χ1) is 15.2. The van der Waals surface area contributed by atoms with Crippen molar-refractivity contribution in [2.75, 3.05) is 6.61 Å². The average molecular weight is 422 g/mol. The number of hydrogen-bond donors (Lipinski definition) is 3. The van der Waals surface area contributed by atoms with Gasteiger partial charge in [0.25, 0.3) is 0 Å². The van der Waals surface area contributed by atoms with Crippen LogP contribution in [-0.2, 0) is 11.3 Å². The van der Waals surface area contributed by atoms with Crippen LogP contribution in [0.4, 0.5) is 0 Å². The maximum atomic E-state index is 10.6. The van der Waals surface area contributed by atoms with Gasteiger partial charge in [0, 0.05) is 23.1 Å². The van der Waals surface area contributed by atoms with Crippen LogP contribution in [-0.4, -0.2) is 28.7 Å². The number of carboxylic acid groups (broad SMARTS) is 1. The minimum absolute atomic E-state index is 0.185. The Bertz CT molecular complexity index is 981. The summed E-state index contributed by atoms with van der Waals surface area (Å²) in [6.45, 7) is 0.845. The van der Waals surface area contributed by atoms with Gasteiger partial charge in [0.2, 0.25) is 0 Å². The van der Waals surface area contributed by atoms with Gasteiger partial charge < -0.3 is 14.3 Å². The molecule has 0 fully saturated rings. The third-order valence-corrected chi connectivity index (χ3v) is 4.74. The molecule has 3 rings (SSSR count). The first-order valence-electron chi connectivity index (χ1n) is 10.2. The van der Waals surface area contributed by atoms with E-state index in [2.05, 4.69) is 10.5 Å². The number of para-hydroxylation sites is 1. The number of aliphatic imine (C=N–C) groups is 1. The molecule has 0 saturated heterocycles. The standard InChI is InChI=1S/C24H26N2O5/c27-23(28)10-2-1-5-15-30-22-8-4-3-7-20(22)17-25-24(26-29)19-13-11-18(12-14-19)21-9-6-16-31-21/h3-4,6-9,11-14,16,29H,1-2,5,10,15,17H2,(H,25,26)(H,27,28). The highest BCUT2D eigenvalue weighted by Crippen LogP contribution is 2.22. The fraction of sp³-hybridized carbons (Fsp3) is 0.250. The van der Waals surface area contributed by atoms with E-state index in [9.17, 15) is 10.0 Å². The van der Waals surface area contributed by atoms with Gasteiger partial charge in [-0.25, -0.2) is 0 Å². The average Bonchev–Trinajstić information content (AvgIpc) is 3.32. The molecule has 1 aromatic heterocycles. The van der Waals surface area contributed by atoms with Crippen LogP contribution in [0.1, 0.15) is 36.8 Å². The lowest BCUT2D eigenvalue weighted by atomic mass is 10.1. The molecule has 0 amide bonds. The van der Waals surface area contributed by atoms with Crippen LogP contribution in [0, 0.1) is 0 Å². The summed E-state index contributed by atoms with van der Waals surface area (Å²) in [5.41, 5.74) is 4.75. The number of aliphatic carboxylic acids is 1. The highest BCUT2D eigenvalue weighted by molar-refractivity contribution is 5.98. The van der Waals surface area contributed by atoms with E-state index in [-0.39, 0.29) is 6.42 Å². The number of benzene rings is 2. The van der Waals surface area contributed by atoms with Crippen molar-refractivity contribution >= 4 is 11.8 Å². The third kappa shape index (κ3) is 6.72. The number of ether oxygens (including phenoxy) is 1. The molecule has 3 N–H and O–H groups in total. The van der Waals surface area contributed by atoms with Crippen molar-refractivity contribution < 1.29 is 24.3 Å². The van der Waals surface area contributed by atoms with E-state index in [0.717, 1.165) is 41.0 Å². The highest BCUT2D eigenvalue weighted by Gasteiger charge is 2.07. The summed E-state index contributed by atoms with van der Waals surface area (Å²) in [6.07, 6.45) is 4.05. The molecule has 162 valence electrons. The van der Waals surface area contributed by atoms with E-state index >= 15 is 0 Å². The zero-order valence-electron chi connectivity index (χ0n) is 17.2. The van der Waals surface area contributed by atoms with Crippen LogP contribution in [0.15, 0.2) is 76.3 Å². The van der Waals surface area contributed by atoms with Gasteiger partial charge in [0.05, 0.1) is 19.4 Å². The molecule has 7 nitrogen and oxygen atoms in total. The Balaban J connectivity index is 1.60. The normalized spacial score (nSPS) is 11.3. The predicted octanol–water partition coefficient (Wildman–Crippen LogP) is 4.90. The molecule has 0 aliphatic rings. The molecule has 0 unspecified atom stereocenters. The second-order valence-electron chi connectivity index (χ2n) is 6.99. The molecule has 2 aromatic carbocycles. The van der Waals surface area contributed by atoms with Gasteiger partial charge in [-0.2, -0.15) is 0 Å². The summed E-state index contributed by atoms with van der Waals surface area (Å²) in [5, 5.41) is 18.2. The predicted molar refractivity (Wildman–Crippen MR) is 117 cm³/mol. The Labute approximate surface area is 181 Å². The van der Waals surface area contributed by atoms with E-state index in [0.29, 0.717) is 25.4 Å². The van der Waals surface area contributed by atoms with Gasteiger partial charge in [-0.3, -0.25) is 20.5 Å². The van der Waals surface area contributed by atoms with Gasteiger partial charge in [-0.05, 0) is 37.5 Å². The van der Waals surface area contributed by atoms with Crippen molar-refractivity contribution in [3.8, 4) is 17.1 Å². The first kappa shape index (κ1) is 22.1. The maximum Gasteiger partial charge on any atom is 0.303 e. The van der Waals surface area contributed by atoms with Gasteiger partial charge in [-0.15, -0.1) is 0 Å². The molecule has 3 aromatic rings. The van der Waals surface area contributed by atoms with Crippen LogP contribution in [0.3, 0.4) is 0 Å². The van der Waals surface area contributed by atoms with E-state index < -0.39 is 5.97 Å². The lowest BCUT2D eigenvalue weighted by Gasteiger charge is -2.11. The van der Waals surface area contributed by atoms with Crippen molar-refractivity contribution in [3.05, 3.63) is 78.1 Å². The number of unbranched alkanes of at least 4 members (excludes halogenated alkanes) is 2. The molecule has 7 heteroatoms. The molecular weight excluding hydrogens is 396 g/mol. The number of carboxylic acids is 1. The molecule has 31 heavy (non-hydrogen) atoms. The Hall–Kier alpha value is -3.58. The second-order valence-corrected chi connectivity index (χ2v) is 6.99. The maximum absolute atomic E-state index is 10.6. The van der Waals surface area contributed by atoms with Crippen LogP contribution in [0.2, 0.25) is 0 Å². The van der Waals surface area contributed by atoms with Gasteiger partial charge in [0.1, 0.15) is 11.5 Å². The fourth-order valence-corrected chi connectivity index (χ4v) is 3.10. The number of hydroxylamine groups is 1. The molecule has 0 atom stereocenters. The summed E-state index contributed by atoms with van der Waals surface area (Å²) in [7, 11) is 0. The number of carbonyl (C=O) groups is 1. The Morgan fingerprint density at radius 1 is 1.00 bits per heavy atom. The summed E-state index contributed by atoms with van der Waals surface area (Å²) in [4.78, 5) is 15.1. The first-order valence-corrected chi connectivity index (χ1v) is 10.2. The quantitative estimate of drug-likeness (QED) is 0.176. The van der Waals surface area contributed by atoms with Crippen molar-refractivity contribution in [2.24, 2.45) is 4.99 Å². The molecule has 0 radical (unpaired) electrons. The minimum Gasteiger partial charge on any atom is -0.493 e. The van der Waals surface area contributed by atoms with E-state index in [1.807, 2.05) is 60.7 Å². The molecule has 1 heterocycles. The largest absolute Gasteiger partial charge is 0.493 e. The zero-order chi connectivity index (χ0) is 21.9. The van der Waals surface area contributed by atoms with E-state index in [1.165, 1.54) is 0 Å². The molecular formula is C24H26N2O5. The number of nitrogens with zero attached hydrogens (tertiary/aromatic N) is 1. The lowest BCUT2D eigenvalue weighted by Crippen LogP contribution is -2.20. The van der Waals surface area contributed by atoms with Crippen molar-refractivity contribution in [3.63, 3.8) is 0 Å². The third-order valence-electron chi connectivity index (χ3n) is 4.74. The molecule has 0 bridgehead atoms. The number of hydrogen-bond acceptors (Lipinski definition) is 5. The van der Waals surface area contributed by atoms with E-state index in [1.54, 1.807) is 6.26 Å². The number of amidine groups is 1. The number of furan rings is 1. The topological polar surface area (TPSA) is 104 Å². The fourth-order valence-electron chi connectivity index (χ4n) is 3.10. The SMILES string of the molecule is O=C(O)CCCCCOc1ccccc1CN=C(NO)c1ccc(-c2ccco2)cc1. The second kappa shape index (κ2) is 11.6. The molecule has 0 spiro atoms. The summed E-state index contributed by atoms with van der Waals surface area (Å²) < 4.78 is 11.3. The molecule has 0 saturated carbocycles. The summed E-state index contributed by atoms with van der Waals surface area (Å²) in [5.74, 6) is 1.09. The van der Waals surface area contributed by atoms with Crippen LogP contribution in [0.5, 0.6) is 5.75 Å². The van der Waals surface area contributed by atoms with Crippen LogP contribution >= 0.6 is 0 Å². The monoisotopic (exact) mass is 422 g/mol. The van der Waals surface area contributed by atoms with Crippen molar-refractivity contribution in [1.29, 1.82) is 0 Å². The number of nitrogens with one attached hydrogen (secondary N) is 1. The smallest absolute Gasteiger partial charge is 0.303 e. The minimum atomic E-state index is -0.770. The Morgan fingerprint density at radius 3 is 2.52 bits per heavy atom. The van der Waals surface area contributed by atoms with E-state index in [4.69, 9.17) is 14.3 Å². The summed E-state index contributed by atoms with van der Waals surface area (Å²) >= 11 is 0. The summed E-state index contributed by atoms with van der Waals surface area (Å²) in [6, 6.07) is 18.9. The Morgan fingerprint density at radius 2 is 1.81 bits per heavy atom. The van der Waals surface area contributed by atoms with Gasteiger partial charge >= 0.3 is 5.97 Å². The zero-order valence-corrected chi connectivity index (χ0v) is 17.2. The molecule has 0 aliphatic carbocycles. The lowest BCUT2D eigenvalue weighted by molar-refractivity contribution is -0.137. The van der Waals surface area contributed by atoms with Gasteiger partial charge in [0.15, 0.2) is 5.84 Å². The van der Waals surface area contributed by atoms with Crippen LogP contribution < -0.4 is 10.2 Å². The Kier molecular flexibility index (Phi) is 8.25. The van der Waals surface area contributed by atoms with Gasteiger partial charge in [-0.1, -0.05) is 42.5 Å². The molecule has 0 aliphatic heterocycles. The number of rotatable bonds is 11. The highest BCUT2D eigenvalue weighted by atomic mass is 16.5. The van der Waals surface area contributed by atoms with Crippen molar-refractivity contribution in [2.45, 2.75) is 32.2 Å². The van der Waals surface area contributed by atoms with Crippen LogP contribution in [0.25, 0.3) is 11.3 Å².